The maximum Gasteiger partial charge on any atom is 0.0387 e. The minimum absolute atomic E-state index is 0.584. The van der Waals surface area contributed by atoms with Gasteiger partial charge in [0.1, 0.15) is 0 Å². The minimum Gasteiger partial charge on any atom is -0.366 e. The fourth-order valence-corrected chi connectivity index (χ4v) is 2.78. The number of piperazine rings is 1. The number of aryl methyl sites for hydroxylation is 2. The van der Waals surface area contributed by atoms with Crippen LogP contribution < -0.4 is 10.2 Å². The van der Waals surface area contributed by atoms with Gasteiger partial charge in [0.25, 0.3) is 0 Å². The average Bonchev–Trinajstić information content (AvgIpc) is 2.40. The van der Waals surface area contributed by atoms with E-state index in [1.54, 1.807) is 0 Å². The molecule has 1 fully saturated rings. The lowest BCUT2D eigenvalue weighted by molar-refractivity contribution is 0.397. The highest BCUT2D eigenvalue weighted by atomic mass is 15.2. The Labute approximate surface area is 111 Å². The van der Waals surface area contributed by atoms with Crippen LogP contribution in [-0.4, -0.2) is 25.2 Å². The van der Waals surface area contributed by atoms with Gasteiger partial charge >= 0.3 is 0 Å². The molecule has 1 aliphatic rings. The Morgan fingerprint density at radius 1 is 1.33 bits per heavy atom. The van der Waals surface area contributed by atoms with E-state index in [2.05, 4.69) is 56.1 Å². The second-order valence-electron chi connectivity index (χ2n) is 5.48. The summed E-state index contributed by atoms with van der Waals surface area (Å²) in [5.41, 5.74) is 4.28. The fraction of sp³-hybridized carbons (Fsp3) is 0.625. The van der Waals surface area contributed by atoms with Crippen LogP contribution in [0.5, 0.6) is 0 Å². The monoisotopic (exact) mass is 246 g/mol. The minimum atomic E-state index is 0.584. The molecule has 1 N–H and O–H groups in total. The maximum absolute atomic E-state index is 3.62. The van der Waals surface area contributed by atoms with Gasteiger partial charge in [0.2, 0.25) is 0 Å². The number of benzene rings is 1. The van der Waals surface area contributed by atoms with Gasteiger partial charge in [-0.15, -0.1) is 0 Å². The Bertz CT molecular complexity index is 400. The predicted molar refractivity (Wildman–Crippen MR) is 79.4 cm³/mol. The quantitative estimate of drug-likeness (QED) is 0.881. The zero-order valence-corrected chi connectivity index (χ0v) is 12.2. The predicted octanol–water partition coefficient (Wildman–Crippen LogP) is 3.13. The number of rotatable bonds is 3. The first-order valence-corrected chi connectivity index (χ1v) is 7.25. The van der Waals surface area contributed by atoms with Crippen molar-refractivity contribution in [2.45, 2.75) is 52.6 Å². The number of nitrogens with one attached hydrogen (secondary N) is 1. The van der Waals surface area contributed by atoms with Crippen LogP contribution in [0, 0.1) is 6.92 Å². The van der Waals surface area contributed by atoms with Gasteiger partial charge in [-0.25, -0.2) is 0 Å². The molecule has 0 saturated carbocycles. The van der Waals surface area contributed by atoms with E-state index in [1.807, 2.05) is 0 Å². The molecule has 100 valence electrons. The van der Waals surface area contributed by atoms with Gasteiger partial charge in [-0.3, -0.25) is 0 Å². The summed E-state index contributed by atoms with van der Waals surface area (Å²) in [6, 6.07) is 8.14. The number of hydrogen-bond acceptors (Lipinski definition) is 2. The fourth-order valence-electron chi connectivity index (χ4n) is 2.78. The van der Waals surface area contributed by atoms with Gasteiger partial charge < -0.3 is 10.2 Å². The van der Waals surface area contributed by atoms with Crippen molar-refractivity contribution in [2.24, 2.45) is 0 Å². The Hall–Kier alpha value is -1.02. The Morgan fingerprint density at radius 3 is 2.78 bits per heavy atom. The van der Waals surface area contributed by atoms with Crippen LogP contribution in [0.3, 0.4) is 0 Å². The Balaban J connectivity index is 2.23. The highest BCUT2D eigenvalue weighted by Crippen LogP contribution is 2.23. The molecule has 2 nitrogen and oxygen atoms in total. The lowest BCUT2D eigenvalue weighted by atomic mass is 10.0. The smallest absolute Gasteiger partial charge is 0.0387 e. The molecule has 0 amide bonds. The summed E-state index contributed by atoms with van der Waals surface area (Å²) in [5, 5.41) is 3.62. The highest BCUT2D eigenvalue weighted by Gasteiger charge is 2.24. The average molecular weight is 246 g/mol. The van der Waals surface area contributed by atoms with Crippen LogP contribution in [0.4, 0.5) is 5.69 Å². The van der Waals surface area contributed by atoms with Gasteiger partial charge in [0.05, 0.1) is 0 Å². The van der Waals surface area contributed by atoms with Crippen LogP contribution in [0.2, 0.25) is 0 Å². The van der Waals surface area contributed by atoms with Gasteiger partial charge in [0.15, 0.2) is 0 Å². The molecule has 1 heterocycles. The first kappa shape index (κ1) is 13.4. The summed E-state index contributed by atoms with van der Waals surface area (Å²) in [6.45, 7) is 11.2. The summed E-state index contributed by atoms with van der Waals surface area (Å²) in [6.07, 6.45) is 2.33. The second kappa shape index (κ2) is 5.75. The molecule has 2 unspecified atom stereocenters. The van der Waals surface area contributed by atoms with Gasteiger partial charge in [-0.1, -0.05) is 19.9 Å². The summed E-state index contributed by atoms with van der Waals surface area (Å²) in [7, 11) is 0. The van der Waals surface area contributed by atoms with Crippen LogP contribution in [-0.2, 0) is 6.42 Å². The van der Waals surface area contributed by atoms with Crippen molar-refractivity contribution in [3.8, 4) is 0 Å². The van der Waals surface area contributed by atoms with E-state index in [0.29, 0.717) is 12.1 Å². The molecule has 2 atom stereocenters. The molecule has 18 heavy (non-hydrogen) atoms. The molecular formula is C16H26N2. The van der Waals surface area contributed by atoms with E-state index >= 15 is 0 Å². The van der Waals surface area contributed by atoms with Crippen molar-refractivity contribution in [3.05, 3.63) is 29.3 Å². The van der Waals surface area contributed by atoms with Crippen molar-refractivity contribution < 1.29 is 0 Å². The van der Waals surface area contributed by atoms with E-state index in [1.165, 1.54) is 23.2 Å². The molecule has 0 aliphatic carbocycles. The Morgan fingerprint density at radius 2 is 2.11 bits per heavy atom. The van der Waals surface area contributed by atoms with Crippen molar-refractivity contribution in [1.29, 1.82) is 0 Å². The maximum atomic E-state index is 3.62. The van der Waals surface area contributed by atoms with Crippen LogP contribution in [0.25, 0.3) is 0 Å². The van der Waals surface area contributed by atoms with Crippen molar-refractivity contribution in [1.82, 2.24) is 5.32 Å². The SMILES string of the molecule is CCc1cc(N2CC(CC)NCC2C)ccc1C. The molecule has 0 aromatic heterocycles. The topological polar surface area (TPSA) is 15.3 Å². The van der Waals surface area contributed by atoms with Crippen LogP contribution in [0.15, 0.2) is 18.2 Å². The first-order chi connectivity index (χ1) is 8.65. The molecule has 2 rings (SSSR count). The van der Waals surface area contributed by atoms with Gasteiger partial charge in [0, 0.05) is 30.9 Å². The third kappa shape index (κ3) is 2.69. The zero-order valence-electron chi connectivity index (χ0n) is 12.2. The summed E-state index contributed by atoms with van der Waals surface area (Å²) in [5.74, 6) is 0. The van der Waals surface area contributed by atoms with E-state index in [-0.39, 0.29) is 0 Å². The van der Waals surface area contributed by atoms with Gasteiger partial charge in [-0.05, 0) is 49.9 Å². The first-order valence-electron chi connectivity index (χ1n) is 7.25. The van der Waals surface area contributed by atoms with Gasteiger partial charge in [-0.2, -0.15) is 0 Å². The largest absolute Gasteiger partial charge is 0.366 e. The molecule has 1 aliphatic heterocycles. The zero-order chi connectivity index (χ0) is 13.1. The standard InChI is InChI=1S/C16H26N2/c1-5-14-9-16(8-7-12(14)3)18-11-15(6-2)17-10-13(18)4/h7-9,13,15,17H,5-6,10-11H2,1-4H3. The second-order valence-corrected chi connectivity index (χ2v) is 5.48. The van der Waals surface area contributed by atoms with E-state index in [4.69, 9.17) is 0 Å². The molecule has 0 radical (unpaired) electrons. The number of anilines is 1. The van der Waals surface area contributed by atoms with Crippen LogP contribution in [0.1, 0.15) is 38.3 Å². The van der Waals surface area contributed by atoms with Crippen molar-refractivity contribution in [3.63, 3.8) is 0 Å². The van der Waals surface area contributed by atoms with E-state index < -0.39 is 0 Å². The molecule has 0 spiro atoms. The number of nitrogens with zero attached hydrogens (tertiary/aromatic N) is 1. The lowest BCUT2D eigenvalue weighted by Gasteiger charge is -2.40. The molecule has 1 aromatic carbocycles. The van der Waals surface area contributed by atoms with Crippen molar-refractivity contribution in [2.75, 3.05) is 18.0 Å². The summed E-state index contributed by atoms with van der Waals surface area (Å²) >= 11 is 0. The summed E-state index contributed by atoms with van der Waals surface area (Å²) < 4.78 is 0. The molecule has 2 heteroatoms. The third-order valence-corrected chi connectivity index (χ3v) is 4.19. The molecule has 1 saturated heterocycles. The number of hydrogen-bond donors (Lipinski definition) is 1. The molecule has 0 bridgehead atoms. The highest BCUT2D eigenvalue weighted by molar-refractivity contribution is 5.52. The molecular weight excluding hydrogens is 220 g/mol. The summed E-state index contributed by atoms with van der Waals surface area (Å²) in [4.78, 5) is 2.56. The normalized spacial score (nSPS) is 24.3. The molecule has 1 aromatic rings. The third-order valence-electron chi connectivity index (χ3n) is 4.19. The lowest BCUT2D eigenvalue weighted by Crippen LogP contribution is -2.55. The van der Waals surface area contributed by atoms with E-state index in [0.717, 1.165) is 19.5 Å². The van der Waals surface area contributed by atoms with Crippen LogP contribution >= 0.6 is 0 Å². The van der Waals surface area contributed by atoms with Crippen molar-refractivity contribution >= 4 is 5.69 Å². The van der Waals surface area contributed by atoms with E-state index in [9.17, 15) is 0 Å². The Kier molecular flexibility index (Phi) is 4.28.